The Hall–Kier alpha value is -1.98. The fourth-order valence-corrected chi connectivity index (χ4v) is 2.54. The minimum atomic E-state index is 0.184. The summed E-state index contributed by atoms with van der Waals surface area (Å²) < 4.78 is 6.95. The normalized spacial score (nSPS) is 16.1. The van der Waals surface area contributed by atoms with E-state index in [1.54, 1.807) is 6.20 Å². The maximum atomic E-state index is 12.0. The number of carbonyl (C=O) groups excluding carboxylic acids is 1. The van der Waals surface area contributed by atoms with E-state index in [1.165, 1.54) is 0 Å². The van der Waals surface area contributed by atoms with Crippen molar-refractivity contribution in [2.24, 2.45) is 13.0 Å². The van der Waals surface area contributed by atoms with Gasteiger partial charge in [0.1, 0.15) is 5.78 Å². The van der Waals surface area contributed by atoms with Crippen molar-refractivity contribution >= 4 is 5.78 Å². The van der Waals surface area contributed by atoms with E-state index in [2.05, 4.69) is 15.1 Å². The quantitative estimate of drug-likeness (QED) is 0.837. The predicted molar refractivity (Wildman–Crippen MR) is 67.2 cm³/mol. The number of hydrogen-bond donors (Lipinski definition) is 0. The van der Waals surface area contributed by atoms with Gasteiger partial charge in [0.2, 0.25) is 11.7 Å². The van der Waals surface area contributed by atoms with E-state index in [0.717, 1.165) is 25.7 Å². The van der Waals surface area contributed by atoms with Crippen molar-refractivity contribution in [3.8, 4) is 11.6 Å². The van der Waals surface area contributed by atoms with Crippen molar-refractivity contribution in [1.29, 1.82) is 0 Å². The fourth-order valence-electron chi connectivity index (χ4n) is 2.54. The number of nitrogens with zero attached hydrogens (tertiary/aromatic N) is 4. The number of imidazole rings is 1. The molecule has 0 saturated heterocycles. The summed E-state index contributed by atoms with van der Waals surface area (Å²) in [7, 11) is 1.86. The predicted octanol–water partition coefficient (Wildman–Crippen LogP) is 1.77. The molecule has 0 atom stereocenters. The van der Waals surface area contributed by atoms with Crippen molar-refractivity contribution in [3.05, 3.63) is 18.3 Å². The molecule has 2 aromatic rings. The Bertz CT molecular complexity index is 581. The number of hydrogen-bond acceptors (Lipinski definition) is 5. The summed E-state index contributed by atoms with van der Waals surface area (Å²) in [5, 5.41) is 3.88. The molecule has 0 aliphatic heterocycles. The van der Waals surface area contributed by atoms with Gasteiger partial charge in [-0.1, -0.05) is 18.0 Å². The third-order valence-corrected chi connectivity index (χ3v) is 3.63. The molecule has 1 saturated carbocycles. The third kappa shape index (κ3) is 2.43. The minimum Gasteiger partial charge on any atom is -0.338 e. The lowest BCUT2D eigenvalue weighted by Gasteiger charge is -2.04. The van der Waals surface area contributed by atoms with Crippen molar-refractivity contribution in [2.75, 3.05) is 0 Å². The van der Waals surface area contributed by atoms with Crippen LogP contribution in [0.5, 0.6) is 0 Å². The molecule has 6 nitrogen and oxygen atoms in total. The maximum absolute atomic E-state index is 12.0. The Morgan fingerprint density at radius 3 is 2.95 bits per heavy atom. The Morgan fingerprint density at radius 2 is 2.26 bits per heavy atom. The average Bonchev–Trinajstić information content (AvgIpc) is 3.08. The van der Waals surface area contributed by atoms with Crippen molar-refractivity contribution in [2.45, 2.75) is 32.1 Å². The van der Waals surface area contributed by atoms with Gasteiger partial charge in [-0.2, -0.15) is 4.98 Å². The van der Waals surface area contributed by atoms with Gasteiger partial charge in [-0.05, 0) is 12.8 Å². The van der Waals surface area contributed by atoms with Crippen LogP contribution in [0.15, 0.2) is 16.9 Å². The molecule has 2 aromatic heterocycles. The summed E-state index contributed by atoms with van der Waals surface area (Å²) in [6.45, 7) is 0. The molecule has 2 heterocycles. The van der Waals surface area contributed by atoms with Gasteiger partial charge in [-0.3, -0.25) is 4.79 Å². The standard InChI is InChI=1S/C13H16N4O2/c1-17-7-6-14-13(17)12-15-11(19-16-12)8-10(18)9-4-2-3-5-9/h6-7,9H,2-5,8H2,1H3. The van der Waals surface area contributed by atoms with E-state index >= 15 is 0 Å². The van der Waals surface area contributed by atoms with Crippen LogP contribution in [-0.2, 0) is 18.3 Å². The summed E-state index contributed by atoms with van der Waals surface area (Å²) in [5.74, 6) is 1.86. The second kappa shape index (κ2) is 4.95. The largest absolute Gasteiger partial charge is 0.338 e. The second-order valence-electron chi connectivity index (χ2n) is 5.00. The molecule has 0 amide bonds. The Morgan fingerprint density at radius 1 is 1.47 bits per heavy atom. The van der Waals surface area contributed by atoms with Crippen molar-refractivity contribution in [1.82, 2.24) is 19.7 Å². The van der Waals surface area contributed by atoms with Crippen LogP contribution in [0.4, 0.5) is 0 Å². The summed E-state index contributed by atoms with van der Waals surface area (Å²) in [5.41, 5.74) is 0. The number of rotatable bonds is 4. The minimum absolute atomic E-state index is 0.184. The molecule has 1 fully saturated rings. The van der Waals surface area contributed by atoms with Crippen LogP contribution in [0.1, 0.15) is 31.6 Å². The van der Waals surface area contributed by atoms with Crippen LogP contribution in [0.3, 0.4) is 0 Å². The smallest absolute Gasteiger partial charge is 0.238 e. The Kier molecular flexibility index (Phi) is 3.15. The van der Waals surface area contributed by atoms with E-state index in [-0.39, 0.29) is 18.1 Å². The van der Waals surface area contributed by atoms with Crippen LogP contribution in [0.25, 0.3) is 11.6 Å². The number of aromatic nitrogens is 4. The Labute approximate surface area is 110 Å². The van der Waals surface area contributed by atoms with E-state index in [1.807, 2.05) is 17.8 Å². The van der Waals surface area contributed by atoms with Crippen LogP contribution in [0.2, 0.25) is 0 Å². The first-order valence-corrected chi connectivity index (χ1v) is 6.57. The lowest BCUT2D eigenvalue weighted by molar-refractivity contribution is -0.122. The first kappa shape index (κ1) is 12.1. The Balaban J connectivity index is 1.71. The molecule has 19 heavy (non-hydrogen) atoms. The zero-order chi connectivity index (χ0) is 13.2. The zero-order valence-electron chi connectivity index (χ0n) is 10.9. The van der Waals surface area contributed by atoms with Gasteiger partial charge in [-0.25, -0.2) is 4.98 Å². The van der Waals surface area contributed by atoms with Crippen molar-refractivity contribution in [3.63, 3.8) is 0 Å². The highest BCUT2D eigenvalue weighted by molar-refractivity contribution is 5.82. The molecular formula is C13H16N4O2. The number of aryl methyl sites for hydroxylation is 1. The van der Waals surface area contributed by atoms with Gasteiger partial charge < -0.3 is 9.09 Å². The van der Waals surface area contributed by atoms with Crippen molar-refractivity contribution < 1.29 is 9.32 Å². The van der Waals surface area contributed by atoms with Gasteiger partial charge in [0.25, 0.3) is 0 Å². The molecule has 0 unspecified atom stereocenters. The molecule has 1 aliphatic carbocycles. The van der Waals surface area contributed by atoms with Gasteiger partial charge in [0, 0.05) is 25.4 Å². The van der Waals surface area contributed by atoms with Gasteiger partial charge in [-0.15, -0.1) is 0 Å². The van der Waals surface area contributed by atoms with Crippen LogP contribution >= 0.6 is 0 Å². The molecule has 3 rings (SSSR count). The molecule has 100 valence electrons. The molecule has 0 spiro atoms. The molecule has 0 radical (unpaired) electrons. The van der Waals surface area contributed by atoms with E-state index in [9.17, 15) is 4.79 Å². The second-order valence-corrected chi connectivity index (χ2v) is 5.00. The van der Waals surface area contributed by atoms with Crippen LogP contribution in [-0.4, -0.2) is 25.5 Å². The molecule has 1 aliphatic rings. The number of carbonyl (C=O) groups is 1. The topological polar surface area (TPSA) is 73.8 Å². The number of ketones is 1. The summed E-state index contributed by atoms with van der Waals surface area (Å²) in [4.78, 5) is 20.4. The van der Waals surface area contributed by atoms with Gasteiger partial charge in [0.05, 0.1) is 6.42 Å². The van der Waals surface area contributed by atoms with E-state index < -0.39 is 0 Å². The van der Waals surface area contributed by atoms with E-state index in [4.69, 9.17) is 4.52 Å². The van der Waals surface area contributed by atoms with Crippen LogP contribution < -0.4 is 0 Å². The molecule has 6 heteroatoms. The fraction of sp³-hybridized carbons (Fsp3) is 0.538. The first-order valence-electron chi connectivity index (χ1n) is 6.57. The number of Topliss-reactive ketones (excluding diaryl/α,β-unsaturated/α-hetero) is 1. The molecular weight excluding hydrogens is 244 g/mol. The third-order valence-electron chi connectivity index (χ3n) is 3.63. The maximum Gasteiger partial charge on any atom is 0.238 e. The highest BCUT2D eigenvalue weighted by Crippen LogP contribution is 2.26. The lowest BCUT2D eigenvalue weighted by Crippen LogP contribution is -2.13. The highest BCUT2D eigenvalue weighted by atomic mass is 16.5. The SMILES string of the molecule is Cn1ccnc1-c1noc(CC(=O)C2CCCC2)n1. The van der Waals surface area contributed by atoms with Crippen LogP contribution in [0, 0.1) is 5.92 Å². The first-order chi connectivity index (χ1) is 9.24. The average molecular weight is 260 g/mol. The summed E-state index contributed by atoms with van der Waals surface area (Å²) in [6, 6.07) is 0. The summed E-state index contributed by atoms with van der Waals surface area (Å²) >= 11 is 0. The zero-order valence-corrected chi connectivity index (χ0v) is 10.9. The van der Waals surface area contributed by atoms with Gasteiger partial charge in [0.15, 0.2) is 5.82 Å². The summed E-state index contributed by atoms with van der Waals surface area (Å²) in [6.07, 6.45) is 8.03. The molecule has 0 aromatic carbocycles. The monoisotopic (exact) mass is 260 g/mol. The molecule has 0 bridgehead atoms. The molecule has 0 N–H and O–H groups in total. The van der Waals surface area contributed by atoms with Gasteiger partial charge >= 0.3 is 0 Å². The van der Waals surface area contributed by atoms with E-state index in [0.29, 0.717) is 17.5 Å². The lowest BCUT2D eigenvalue weighted by atomic mass is 10.0. The highest BCUT2D eigenvalue weighted by Gasteiger charge is 2.24.